The maximum Gasteiger partial charge on any atom is 0.123 e. The quantitative estimate of drug-likeness (QED) is 0.896. The Bertz CT molecular complexity index is 570. The van der Waals surface area contributed by atoms with Gasteiger partial charge in [-0.25, -0.2) is 4.39 Å². The topological polar surface area (TPSA) is 38.0 Å². The second-order valence-corrected chi connectivity index (χ2v) is 4.97. The van der Waals surface area contributed by atoms with Crippen LogP contribution in [0.5, 0.6) is 0 Å². The molecule has 0 radical (unpaired) electrons. The third kappa shape index (κ3) is 2.89. The molecule has 18 heavy (non-hydrogen) atoms. The van der Waals surface area contributed by atoms with Crippen molar-refractivity contribution in [3.63, 3.8) is 0 Å². The summed E-state index contributed by atoms with van der Waals surface area (Å²) in [5.41, 5.74) is 9.30. The molecule has 0 aromatic heterocycles. The molecule has 0 aliphatic rings. The minimum atomic E-state index is -0.274. The van der Waals surface area contributed by atoms with Crippen LogP contribution in [0.3, 0.4) is 0 Å². The summed E-state index contributed by atoms with van der Waals surface area (Å²) in [7, 11) is 0. The zero-order chi connectivity index (χ0) is 13.1. The van der Waals surface area contributed by atoms with Crippen molar-refractivity contribution in [1.82, 2.24) is 0 Å². The predicted octanol–water partition coefficient (Wildman–Crippen LogP) is 4.10. The van der Waals surface area contributed by atoms with Gasteiger partial charge >= 0.3 is 0 Å². The molecule has 0 atom stereocenters. The maximum atomic E-state index is 13.1. The van der Waals surface area contributed by atoms with Gasteiger partial charge in [0.05, 0.1) is 5.69 Å². The first-order valence-electron chi connectivity index (χ1n) is 5.62. The first-order chi connectivity index (χ1) is 8.60. The van der Waals surface area contributed by atoms with Gasteiger partial charge in [0.1, 0.15) is 5.82 Å². The number of hydrogen-bond acceptors (Lipinski definition) is 2. The maximum absolute atomic E-state index is 13.1. The van der Waals surface area contributed by atoms with Gasteiger partial charge in [-0.1, -0.05) is 6.07 Å². The lowest BCUT2D eigenvalue weighted by atomic mass is 10.1. The Morgan fingerprint density at radius 1 is 1.17 bits per heavy atom. The second kappa shape index (κ2) is 5.50. The van der Waals surface area contributed by atoms with Gasteiger partial charge in [0.15, 0.2) is 0 Å². The fraction of sp³-hybridized carbons (Fsp3) is 0.143. The van der Waals surface area contributed by atoms with Gasteiger partial charge < -0.3 is 11.1 Å². The number of anilines is 2. The molecular formula is C14H14BrFN2. The molecule has 0 aliphatic carbocycles. The van der Waals surface area contributed by atoms with Crippen LogP contribution in [0.15, 0.2) is 40.9 Å². The number of halogens is 2. The summed E-state index contributed by atoms with van der Waals surface area (Å²) in [6, 6.07) is 10.6. The highest BCUT2D eigenvalue weighted by Crippen LogP contribution is 2.28. The number of hydrogen-bond donors (Lipinski definition) is 2. The van der Waals surface area contributed by atoms with E-state index < -0.39 is 0 Å². The van der Waals surface area contributed by atoms with Crippen molar-refractivity contribution in [2.24, 2.45) is 5.73 Å². The van der Waals surface area contributed by atoms with Crippen molar-refractivity contribution in [3.05, 3.63) is 57.8 Å². The van der Waals surface area contributed by atoms with Crippen LogP contribution in [0.2, 0.25) is 0 Å². The Labute approximate surface area is 114 Å². The SMILES string of the molecule is Cc1ccc(Nc2ccc(F)cc2CN)c(Br)c1. The van der Waals surface area contributed by atoms with Crippen LogP contribution in [-0.4, -0.2) is 0 Å². The van der Waals surface area contributed by atoms with Crippen molar-refractivity contribution in [2.75, 3.05) is 5.32 Å². The Kier molecular flexibility index (Phi) is 3.99. The second-order valence-electron chi connectivity index (χ2n) is 4.11. The number of nitrogens with two attached hydrogens (primary N) is 1. The minimum absolute atomic E-state index is 0.274. The fourth-order valence-corrected chi connectivity index (χ4v) is 2.31. The summed E-state index contributed by atoms with van der Waals surface area (Å²) < 4.78 is 14.1. The van der Waals surface area contributed by atoms with Crippen molar-refractivity contribution >= 4 is 27.3 Å². The molecule has 0 aliphatic heterocycles. The first kappa shape index (κ1) is 13.1. The van der Waals surface area contributed by atoms with Gasteiger partial charge in [0, 0.05) is 16.7 Å². The molecule has 3 N–H and O–H groups in total. The standard InChI is InChI=1S/C14H14BrFN2/c1-9-2-4-14(12(15)6-9)18-13-5-3-11(16)7-10(13)8-17/h2-7,18H,8,17H2,1H3. The lowest BCUT2D eigenvalue weighted by Gasteiger charge is -2.13. The first-order valence-corrected chi connectivity index (χ1v) is 6.41. The average molecular weight is 309 g/mol. The van der Waals surface area contributed by atoms with Gasteiger partial charge in [-0.3, -0.25) is 0 Å². The van der Waals surface area contributed by atoms with Crippen LogP contribution in [0.4, 0.5) is 15.8 Å². The molecule has 0 saturated heterocycles. The molecule has 2 nitrogen and oxygen atoms in total. The van der Waals surface area contributed by atoms with Crippen molar-refractivity contribution in [1.29, 1.82) is 0 Å². The smallest absolute Gasteiger partial charge is 0.123 e. The summed E-state index contributed by atoms with van der Waals surface area (Å²) in [5, 5.41) is 3.25. The molecule has 0 amide bonds. The highest BCUT2D eigenvalue weighted by Gasteiger charge is 2.05. The third-order valence-corrected chi connectivity index (χ3v) is 3.34. The van der Waals surface area contributed by atoms with Crippen LogP contribution in [0, 0.1) is 12.7 Å². The summed E-state index contributed by atoms with van der Waals surface area (Å²) in [6.07, 6.45) is 0. The van der Waals surface area contributed by atoms with Crippen LogP contribution in [0.1, 0.15) is 11.1 Å². The van der Waals surface area contributed by atoms with Gasteiger partial charge in [0.25, 0.3) is 0 Å². The van der Waals surface area contributed by atoms with Gasteiger partial charge in [-0.15, -0.1) is 0 Å². The predicted molar refractivity (Wildman–Crippen MR) is 76.5 cm³/mol. The molecule has 2 rings (SSSR count). The molecule has 0 saturated carbocycles. The molecule has 94 valence electrons. The fourth-order valence-electron chi connectivity index (χ4n) is 1.72. The summed E-state index contributed by atoms with van der Waals surface area (Å²) in [6.45, 7) is 2.32. The average Bonchev–Trinajstić information content (AvgIpc) is 2.34. The van der Waals surface area contributed by atoms with Crippen LogP contribution in [-0.2, 0) is 6.54 Å². The summed E-state index contributed by atoms with van der Waals surface area (Å²) in [4.78, 5) is 0. The van der Waals surface area contributed by atoms with Gasteiger partial charge in [-0.2, -0.15) is 0 Å². The molecule has 0 heterocycles. The molecule has 0 bridgehead atoms. The van der Waals surface area contributed by atoms with E-state index in [0.29, 0.717) is 6.54 Å². The molecule has 0 spiro atoms. The lowest BCUT2D eigenvalue weighted by Crippen LogP contribution is -2.03. The zero-order valence-electron chi connectivity index (χ0n) is 10.0. The van der Waals surface area contributed by atoms with Gasteiger partial charge in [-0.05, 0) is 64.3 Å². The van der Waals surface area contributed by atoms with Crippen LogP contribution >= 0.6 is 15.9 Å². The van der Waals surface area contributed by atoms with E-state index in [1.807, 2.05) is 25.1 Å². The number of aryl methyl sites for hydroxylation is 1. The van der Waals surface area contributed by atoms with E-state index in [0.717, 1.165) is 21.4 Å². The molecule has 4 heteroatoms. The van der Waals surface area contributed by atoms with E-state index in [1.165, 1.54) is 17.7 Å². The monoisotopic (exact) mass is 308 g/mol. The Balaban J connectivity index is 2.33. The lowest BCUT2D eigenvalue weighted by molar-refractivity contribution is 0.626. The van der Waals surface area contributed by atoms with E-state index in [2.05, 4.69) is 21.2 Å². The largest absolute Gasteiger partial charge is 0.354 e. The molecular weight excluding hydrogens is 295 g/mol. The molecule has 0 fully saturated rings. The molecule has 2 aromatic carbocycles. The van der Waals surface area contributed by atoms with E-state index in [4.69, 9.17) is 5.73 Å². The van der Waals surface area contributed by atoms with Crippen molar-refractivity contribution in [2.45, 2.75) is 13.5 Å². The van der Waals surface area contributed by atoms with E-state index in [9.17, 15) is 4.39 Å². The highest BCUT2D eigenvalue weighted by molar-refractivity contribution is 9.10. The van der Waals surface area contributed by atoms with E-state index >= 15 is 0 Å². The Hall–Kier alpha value is -1.39. The normalized spacial score (nSPS) is 10.4. The van der Waals surface area contributed by atoms with Crippen molar-refractivity contribution in [3.8, 4) is 0 Å². The van der Waals surface area contributed by atoms with Crippen molar-refractivity contribution < 1.29 is 4.39 Å². The van der Waals surface area contributed by atoms with Gasteiger partial charge in [0.2, 0.25) is 0 Å². The zero-order valence-corrected chi connectivity index (χ0v) is 11.6. The number of rotatable bonds is 3. The Morgan fingerprint density at radius 3 is 2.56 bits per heavy atom. The van der Waals surface area contributed by atoms with Crippen LogP contribution < -0.4 is 11.1 Å². The molecule has 0 unspecified atom stereocenters. The summed E-state index contributed by atoms with van der Waals surface area (Å²) >= 11 is 3.50. The number of nitrogens with one attached hydrogen (secondary N) is 1. The van der Waals surface area contributed by atoms with E-state index in [1.54, 1.807) is 6.07 Å². The number of benzene rings is 2. The van der Waals surface area contributed by atoms with E-state index in [-0.39, 0.29) is 5.82 Å². The summed E-state index contributed by atoms with van der Waals surface area (Å²) in [5.74, 6) is -0.274. The third-order valence-electron chi connectivity index (χ3n) is 2.68. The Morgan fingerprint density at radius 2 is 1.89 bits per heavy atom. The molecule has 2 aromatic rings. The highest BCUT2D eigenvalue weighted by atomic mass is 79.9. The minimum Gasteiger partial charge on any atom is -0.354 e. The van der Waals surface area contributed by atoms with Crippen LogP contribution in [0.25, 0.3) is 0 Å².